The van der Waals surface area contributed by atoms with Gasteiger partial charge in [0.05, 0.1) is 12.2 Å². The Bertz CT molecular complexity index is 1350. The zero-order valence-electron chi connectivity index (χ0n) is 19.4. The predicted octanol–water partition coefficient (Wildman–Crippen LogP) is 3.30. The fraction of sp³-hybridized carbons (Fsp3) is 0.333. The van der Waals surface area contributed by atoms with Gasteiger partial charge in [-0.15, -0.1) is 0 Å². The third-order valence-electron chi connectivity index (χ3n) is 6.33. The standard InChI is InChI=1S/C24H25FN6O4/c1-12-17(9-29-23-22(12)27-4-6-34-23)16-7-14-8-19(28-10-18(14)21(26)20(16)25)30-24(33)35-15-3-5-31(11-15)13(2)32/h7-10,15,27H,3-6,11,26H2,1-2H3,(H,28,30,33)/t15-/m0/s1. The van der Waals surface area contributed by atoms with Crippen molar-refractivity contribution in [1.29, 1.82) is 0 Å². The summed E-state index contributed by atoms with van der Waals surface area (Å²) >= 11 is 0. The minimum absolute atomic E-state index is 0.0456. The number of nitrogens with zero attached hydrogens (tertiary/aromatic N) is 3. The van der Waals surface area contributed by atoms with E-state index in [0.29, 0.717) is 54.9 Å². The number of carbonyl (C=O) groups excluding carboxylic acids is 2. The Labute approximate surface area is 200 Å². The molecule has 0 bridgehead atoms. The van der Waals surface area contributed by atoms with Crippen LogP contribution < -0.4 is 21.1 Å². The van der Waals surface area contributed by atoms with Gasteiger partial charge in [-0.2, -0.15) is 0 Å². The van der Waals surface area contributed by atoms with Crippen molar-refractivity contribution in [2.45, 2.75) is 26.4 Å². The number of nitrogens with one attached hydrogen (secondary N) is 2. The van der Waals surface area contributed by atoms with E-state index in [1.807, 2.05) is 6.92 Å². The smallest absolute Gasteiger partial charge is 0.413 e. The molecule has 1 saturated heterocycles. The van der Waals surface area contributed by atoms with Gasteiger partial charge in [-0.3, -0.25) is 10.1 Å². The minimum atomic E-state index is -0.677. The average Bonchev–Trinajstić information content (AvgIpc) is 3.31. The van der Waals surface area contributed by atoms with Gasteiger partial charge in [0.1, 0.15) is 24.2 Å². The van der Waals surface area contributed by atoms with E-state index in [2.05, 4.69) is 20.6 Å². The highest BCUT2D eigenvalue weighted by atomic mass is 19.1. The molecular formula is C24H25FN6O4. The molecule has 35 heavy (non-hydrogen) atoms. The van der Waals surface area contributed by atoms with Crippen LogP contribution >= 0.6 is 0 Å². The number of carbonyl (C=O) groups is 2. The lowest BCUT2D eigenvalue weighted by molar-refractivity contribution is -0.128. The Kier molecular flexibility index (Phi) is 5.75. The molecule has 1 fully saturated rings. The lowest BCUT2D eigenvalue weighted by Gasteiger charge is -2.22. The molecule has 1 atom stereocenters. The fourth-order valence-corrected chi connectivity index (χ4v) is 4.45. The van der Waals surface area contributed by atoms with E-state index in [-0.39, 0.29) is 29.1 Å². The van der Waals surface area contributed by atoms with Gasteiger partial charge in [-0.25, -0.2) is 19.2 Å². The van der Waals surface area contributed by atoms with Gasteiger partial charge in [0.15, 0.2) is 5.82 Å². The van der Waals surface area contributed by atoms with Gasteiger partial charge in [0, 0.05) is 55.3 Å². The molecule has 10 nitrogen and oxygen atoms in total. The minimum Gasteiger partial charge on any atom is -0.474 e. The molecule has 2 aliphatic heterocycles. The summed E-state index contributed by atoms with van der Waals surface area (Å²) in [6, 6.07) is 3.26. The highest BCUT2D eigenvalue weighted by Crippen LogP contribution is 2.39. The summed E-state index contributed by atoms with van der Waals surface area (Å²) in [6.45, 7) is 5.40. The quantitative estimate of drug-likeness (QED) is 0.487. The summed E-state index contributed by atoms with van der Waals surface area (Å²) in [5.41, 5.74) is 8.45. The largest absolute Gasteiger partial charge is 0.474 e. The van der Waals surface area contributed by atoms with E-state index < -0.39 is 11.9 Å². The average molecular weight is 481 g/mol. The number of anilines is 3. The Morgan fingerprint density at radius 1 is 1.29 bits per heavy atom. The van der Waals surface area contributed by atoms with Crippen molar-refractivity contribution in [1.82, 2.24) is 14.9 Å². The lowest BCUT2D eigenvalue weighted by Crippen LogP contribution is -2.29. The molecule has 2 amide bonds. The summed E-state index contributed by atoms with van der Waals surface area (Å²) in [5, 5.41) is 6.86. The van der Waals surface area contributed by atoms with Crippen LogP contribution in [0.15, 0.2) is 24.5 Å². The Morgan fingerprint density at radius 2 is 2.11 bits per heavy atom. The maximum absolute atomic E-state index is 15.3. The number of rotatable bonds is 3. The van der Waals surface area contributed by atoms with Gasteiger partial charge >= 0.3 is 6.09 Å². The number of nitrogens with two attached hydrogens (primary N) is 1. The molecular weight excluding hydrogens is 455 g/mol. The monoisotopic (exact) mass is 480 g/mol. The summed E-state index contributed by atoms with van der Waals surface area (Å²) in [7, 11) is 0. The van der Waals surface area contributed by atoms with Crippen LogP contribution in [-0.4, -0.2) is 59.2 Å². The first-order valence-corrected chi connectivity index (χ1v) is 11.3. The maximum Gasteiger partial charge on any atom is 0.413 e. The Balaban J connectivity index is 1.42. The number of amides is 2. The summed E-state index contributed by atoms with van der Waals surface area (Å²) in [6.07, 6.45) is 2.49. The third-order valence-corrected chi connectivity index (χ3v) is 6.33. The highest BCUT2D eigenvalue weighted by molar-refractivity contribution is 5.99. The Hall–Kier alpha value is -4.15. The zero-order valence-corrected chi connectivity index (χ0v) is 19.4. The van der Waals surface area contributed by atoms with Crippen LogP contribution in [0, 0.1) is 12.7 Å². The molecule has 2 aliphatic rings. The number of aromatic nitrogens is 2. The first-order chi connectivity index (χ1) is 16.8. The van der Waals surface area contributed by atoms with Gasteiger partial charge in [-0.05, 0) is 30.0 Å². The zero-order chi connectivity index (χ0) is 24.7. The topological polar surface area (TPSA) is 132 Å². The number of hydrogen-bond acceptors (Lipinski definition) is 8. The van der Waals surface area contributed by atoms with E-state index in [4.69, 9.17) is 15.2 Å². The molecule has 182 valence electrons. The molecule has 11 heteroatoms. The molecule has 0 spiro atoms. The lowest BCUT2D eigenvalue weighted by atomic mass is 9.97. The summed E-state index contributed by atoms with van der Waals surface area (Å²) in [5.74, 6) is 0.0871. The highest BCUT2D eigenvalue weighted by Gasteiger charge is 2.27. The van der Waals surface area contributed by atoms with Gasteiger partial charge < -0.3 is 25.4 Å². The molecule has 0 radical (unpaired) electrons. The molecule has 4 heterocycles. The van der Waals surface area contributed by atoms with Gasteiger partial charge in [-0.1, -0.05) is 0 Å². The molecule has 1 aromatic carbocycles. The fourth-order valence-electron chi connectivity index (χ4n) is 4.45. The van der Waals surface area contributed by atoms with E-state index in [9.17, 15) is 9.59 Å². The number of fused-ring (bicyclic) bond motifs is 2. The second kappa shape index (κ2) is 8.90. The van der Waals surface area contributed by atoms with Crippen LogP contribution in [0.2, 0.25) is 0 Å². The number of ether oxygens (including phenoxy) is 2. The predicted molar refractivity (Wildman–Crippen MR) is 129 cm³/mol. The van der Waals surface area contributed by atoms with Crippen molar-refractivity contribution in [3.8, 4) is 17.0 Å². The number of likely N-dealkylation sites (tertiary alicyclic amines) is 1. The number of nitrogen functional groups attached to an aromatic ring is 1. The van der Waals surface area contributed by atoms with Crippen LogP contribution in [-0.2, 0) is 9.53 Å². The molecule has 0 aliphatic carbocycles. The second-order valence-corrected chi connectivity index (χ2v) is 8.60. The number of hydrogen-bond donors (Lipinski definition) is 3. The van der Waals surface area contributed by atoms with Crippen molar-refractivity contribution in [2.24, 2.45) is 0 Å². The second-order valence-electron chi connectivity index (χ2n) is 8.60. The number of benzene rings is 1. The molecule has 2 aromatic heterocycles. The summed E-state index contributed by atoms with van der Waals surface area (Å²) in [4.78, 5) is 34.0. The number of pyridine rings is 2. The van der Waals surface area contributed by atoms with E-state index >= 15 is 4.39 Å². The molecule has 3 aromatic rings. The van der Waals surface area contributed by atoms with Crippen molar-refractivity contribution in [3.05, 3.63) is 35.9 Å². The normalized spacial score (nSPS) is 16.9. The third kappa shape index (κ3) is 4.25. The van der Waals surface area contributed by atoms with Crippen LogP contribution in [0.1, 0.15) is 18.9 Å². The van der Waals surface area contributed by atoms with Crippen LogP contribution in [0.5, 0.6) is 5.88 Å². The molecule has 4 N–H and O–H groups in total. The SMILES string of the molecule is CC(=O)N1CC[C@H](OC(=O)Nc2cc3cc(-c4cnc5c(c4C)NCCO5)c(F)c(N)c3cn2)C1. The van der Waals surface area contributed by atoms with E-state index in [1.165, 1.54) is 13.1 Å². The van der Waals surface area contributed by atoms with Gasteiger partial charge in [0.25, 0.3) is 0 Å². The van der Waals surface area contributed by atoms with Crippen molar-refractivity contribution >= 4 is 40.0 Å². The maximum atomic E-state index is 15.3. The first kappa shape index (κ1) is 22.6. The van der Waals surface area contributed by atoms with Crippen molar-refractivity contribution in [3.63, 3.8) is 0 Å². The van der Waals surface area contributed by atoms with Crippen molar-refractivity contribution < 1.29 is 23.5 Å². The molecule has 0 saturated carbocycles. The van der Waals surface area contributed by atoms with Crippen LogP contribution in [0.4, 0.5) is 26.4 Å². The van der Waals surface area contributed by atoms with Gasteiger partial charge in [0.2, 0.25) is 11.8 Å². The molecule has 0 unspecified atom stereocenters. The van der Waals surface area contributed by atoms with Crippen molar-refractivity contribution in [2.75, 3.05) is 42.6 Å². The number of halogens is 1. The molecule has 5 rings (SSSR count). The summed E-state index contributed by atoms with van der Waals surface area (Å²) < 4.78 is 26.3. The van der Waals surface area contributed by atoms with E-state index in [1.54, 1.807) is 23.2 Å². The van der Waals surface area contributed by atoms with Crippen LogP contribution in [0.3, 0.4) is 0 Å². The van der Waals surface area contributed by atoms with Crippen LogP contribution in [0.25, 0.3) is 21.9 Å². The first-order valence-electron chi connectivity index (χ1n) is 11.3. The van der Waals surface area contributed by atoms with E-state index in [0.717, 1.165) is 11.3 Å². The Morgan fingerprint density at radius 3 is 2.89 bits per heavy atom.